The maximum Gasteiger partial charge on any atom is 0.248 e. The van der Waals surface area contributed by atoms with E-state index in [9.17, 15) is 9.59 Å². The zero-order chi connectivity index (χ0) is 21.3. The lowest BCUT2D eigenvalue weighted by Gasteiger charge is -2.13. The fourth-order valence-corrected chi connectivity index (χ4v) is 2.81. The summed E-state index contributed by atoms with van der Waals surface area (Å²) >= 11 is 0. The highest BCUT2D eigenvalue weighted by Gasteiger charge is 2.07. The van der Waals surface area contributed by atoms with E-state index < -0.39 is 0 Å². The number of carbonyl (C=O) groups is 2. The van der Waals surface area contributed by atoms with E-state index in [0.717, 1.165) is 16.7 Å². The van der Waals surface area contributed by atoms with Crippen LogP contribution in [0.4, 0.5) is 11.4 Å². The molecule has 0 aliphatic carbocycles. The second kappa shape index (κ2) is 10.1. The molecule has 5 heteroatoms. The summed E-state index contributed by atoms with van der Waals surface area (Å²) in [4.78, 5) is 23.5. The molecule has 2 N–H and O–H groups in total. The molecule has 5 nitrogen and oxygen atoms in total. The highest BCUT2D eigenvalue weighted by molar-refractivity contribution is 6.02. The Morgan fingerprint density at radius 2 is 1.67 bits per heavy atom. The Morgan fingerprint density at radius 3 is 2.37 bits per heavy atom. The predicted octanol–water partition coefficient (Wildman–Crippen LogP) is 5.18. The summed E-state index contributed by atoms with van der Waals surface area (Å²) in [6.45, 7) is 3.86. The molecule has 30 heavy (non-hydrogen) atoms. The Morgan fingerprint density at radius 1 is 0.933 bits per heavy atom. The van der Waals surface area contributed by atoms with Gasteiger partial charge in [-0.1, -0.05) is 48.5 Å². The van der Waals surface area contributed by atoms with Crippen molar-refractivity contribution in [1.82, 2.24) is 0 Å². The van der Waals surface area contributed by atoms with Crippen molar-refractivity contribution in [3.8, 4) is 5.75 Å². The minimum absolute atomic E-state index is 0.124. The zero-order valence-corrected chi connectivity index (χ0v) is 17.0. The molecule has 0 fully saturated rings. The molecule has 0 saturated carbocycles. The molecule has 0 spiro atoms. The molecule has 3 aromatic carbocycles. The molecule has 0 radical (unpaired) electrons. The minimum Gasteiger partial charge on any atom is -0.487 e. The number of hydrogen-bond donors (Lipinski definition) is 2. The molecule has 0 aliphatic rings. The standard InChI is InChI=1S/C25H24N2O3/c1-18-8-14-23(24(16-18)30-17-21-6-4-3-5-7-21)27-25(29)15-11-20-9-12-22(13-10-20)26-19(2)28/h3-16H,17H2,1-2H3,(H,26,28)(H,27,29). The average Bonchev–Trinajstić information content (AvgIpc) is 2.74. The molecule has 0 aliphatic heterocycles. The van der Waals surface area contributed by atoms with Crippen LogP contribution in [0, 0.1) is 6.92 Å². The van der Waals surface area contributed by atoms with Gasteiger partial charge in [-0.3, -0.25) is 9.59 Å². The van der Waals surface area contributed by atoms with Crippen molar-refractivity contribution < 1.29 is 14.3 Å². The van der Waals surface area contributed by atoms with E-state index in [1.807, 2.05) is 67.6 Å². The third-order valence-corrected chi connectivity index (χ3v) is 4.29. The van der Waals surface area contributed by atoms with Crippen molar-refractivity contribution in [3.05, 3.63) is 95.6 Å². The fourth-order valence-electron chi connectivity index (χ4n) is 2.81. The maximum atomic E-state index is 12.4. The summed E-state index contributed by atoms with van der Waals surface area (Å²) in [6.07, 6.45) is 3.18. The van der Waals surface area contributed by atoms with Crippen LogP contribution in [0.1, 0.15) is 23.6 Å². The van der Waals surface area contributed by atoms with Gasteiger partial charge >= 0.3 is 0 Å². The SMILES string of the molecule is CC(=O)Nc1ccc(C=CC(=O)Nc2ccc(C)cc2OCc2ccccc2)cc1. The second-order valence-corrected chi connectivity index (χ2v) is 6.90. The van der Waals surface area contributed by atoms with Crippen LogP contribution >= 0.6 is 0 Å². The van der Waals surface area contributed by atoms with Crippen molar-refractivity contribution in [3.63, 3.8) is 0 Å². The Hall–Kier alpha value is -3.86. The van der Waals surface area contributed by atoms with Gasteiger partial charge in [-0.05, 0) is 54.0 Å². The van der Waals surface area contributed by atoms with Crippen molar-refractivity contribution in [1.29, 1.82) is 0 Å². The third-order valence-electron chi connectivity index (χ3n) is 4.29. The van der Waals surface area contributed by atoms with Crippen molar-refractivity contribution in [2.45, 2.75) is 20.5 Å². The summed E-state index contributed by atoms with van der Waals surface area (Å²) in [5.74, 6) is 0.246. The van der Waals surface area contributed by atoms with Crippen LogP contribution in [0.5, 0.6) is 5.75 Å². The van der Waals surface area contributed by atoms with Crippen LogP contribution in [0.3, 0.4) is 0 Å². The molecule has 0 bridgehead atoms. The summed E-state index contributed by atoms with van der Waals surface area (Å²) in [5.41, 5.74) is 4.28. The molecule has 0 aromatic heterocycles. The van der Waals surface area contributed by atoms with Gasteiger partial charge in [0, 0.05) is 18.7 Å². The number of nitrogens with one attached hydrogen (secondary N) is 2. The van der Waals surface area contributed by atoms with E-state index in [1.54, 1.807) is 18.2 Å². The van der Waals surface area contributed by atoms with Crippen LogP contribution in [0.25, 0.3) is 6.08 Å². The number of ether oxygens (including phenoxy) is 1. The lowest BCUT2D eigenvalue weighted by Crippen LogP contribution is -2.09. The molecule has 0 heterocycles. The number of hydrogen-bond acceptors (Lipinski definition) is 3. The van der Waals surface area contributed by atoms with Crippen molar-refractivity contribution in [2.75, 3.05) is 10.6 Å². The molecule has 2 amide bonds. The predicted molar refractivity (Wildman–Crippen MR) is 120 cm³/mol. The van der Waals surface area contributed by atoms with E-state index in [0.29, 0.717) is 23.7 Å². The van der Waals surface area contributed by atoms with Crippen molar-refractivity contribution >= 4 is 29.3 Å². The van der Waals surface area contributed by atoms with Gasteiger partial charge in [0.15, 0.2) is 0 Å². The minimum atomic E-state index is -0.255. The Bertz CT molecular complexity index is 1040. The molecule has 0 atom stereocenters. The van der Waals surface area contributed by atoms with Gasteiger partial charge in [0.25, 0.3) is 0 Å². The summed E-state index contributed by atoms with van der Waals surface area (Å²) in [5, 5.41) is 5.58. The first-order chi connectivity index (χ1) is 14.5. The fraction of sp³-hybridized carbons (Fsp3) is 0.120. The average molecular weight is 400 g/mol. The number of carbonyl (C=O) groups excluding carboxylic acids is 2. The first-order valence-electron chi connectivity index (χ1n) is 9.64. The Labute approximate surface area is 176 Å². The summed E-state index contributed by atoms with van der Waals surface area (Å²) < 4.78 is 5.94. The third kappa shape index (κ3) is 6.34. The number of amides is 2. The molecule has 0 unspecified atom stereocenters. The lowest BCUT2D eigenvalue weighted by atomic mass is 10.2. The second-order valence-electron chi connectivity index (χ2n) is 6.90. The van der Waals surface area contributed by atoms with Crippen LogP contribution in [0.15, 0.2) is 78.9 Å². The molecular formula is C25H24N2O3. The van der Waals surface area contributed by atoms with Gasteiger partial charge in [-0.2, -0.15) is 0 Å². The largest absolute Gasteiger partial charge is 0.487 e. The molecular weight excluding hydrogens is 376 g/mol. The maximum absolute atomic E-state index is 12.4. The molecule has 3 rings (SSSR count). The summed E-state index contributed by atoms with van der Waals surface area (Å²) in [7, 11) is 0. The van der Waals surface area contributed by atoms with Gasteiger partial charge in [-0.15, -0.1) is 0 Å². The first kappa shape index (κ1) is 20.9. The van der Waals surface area contributed by atoms with Gasteiger partial charge in [-0.25, -0.2) is 0 Å². The van der Waals surface area contributed by atoms with Crippen LogP contribution in [0.2, 0.25) is 0 Å². The number of anilines is 2. The first-order valence-corrected chi connectivity index (χ1v) is 9.64. The summed E-state index contributed by atoms with van der Waals surface area (Å²) in [6, 6.07) is 22.8. The van der Waals surface area contributed by atoms with Crippen molar-refractivity contribution in [2.24, 2.45) is 0 Å². The quantitative estimate of drug-likeness (QED) is 0.537. The van der Waals surface area contributed by atoms with Crippen LogP contribution in [-0.4, -0.2) is 11.8 Å². The number of benzene rings is 3. The Kier molecular flexibility index (Phi) is 7.00. The monoisotopic (exact) mass is 400 g/mol. The zero-order valence-electron chi connectivity index (χ0n) is 17.0. The number of rotatable bonds is 7. The number of aryl methyl sites for hydroxylation is 1. The highest BCUT2D eigenvalue weighted by Crippen LogP contribution is 2.27. The molecule has 3 aromatic rings. The van der Waals surface area contributed by atoms with E-state index in [4.69, 9.17) is 4.74 Å². The topological polar surface area (TPSA) is 67.4 Å². The van der Waals surface area contributed by atoms with E-state index in [1.165, 1.54) is 13.0 Å². The van der Waals surface area contributed by atoms with Gasteiger partial charge in [0.2, 0.25) is 11.8 Å². The van der Waals surface area contributed by atoms with Crippen LogP contribution < -0.4 is 15.4 Å². The highest BCUT2D eigenvalue weighted by atomic mass is 16.5. The molecule has 0 saturated heterocycles. The smallest absolute Gasteiger partial charge is 0.248 e. The van der Waals surface area contributed by atoms with E-state index in [-0.39, 0.29) is 11.8 Å². The van der Waals surface area contributed by atoms with Crippen LogP contribution in [-0.2, 0) is 16.2 Å². The Balaban J connectivity index is 1.64. The van der Waals surface area contributed by atoms with E-state index in [2.05, 4.69) is 10.6 Å². The normalized spacial score (nSPS) is 10.6. The molecule has 152 valence electrons. The lowest BCUT2D eigenvalue weighted by molar-refractivity contribution is -0.114. The van der Waals surface area contributed by atoms with Gasteiger partial charge in [0.05, 0.1) is 5.69 Å². The van der Waals surface area contributed by atoms with Gasteiger partial charge < -0.3 is 15.4 Å². The van der Waals surface area contributed by atoms with Gasteiger partial charge in [0.1, 0.15) is 12.4 Å². The van der Waals surface area contributed by atoms with E-state index >= 15 is 0 Å².